The number of esters is 3. The molecule has 19 heteroatoms. The molecule has 0 amide bonds. The number of hydrogen-bond acceptors (Lipinski definition) is 17. The Balaban J connectivity index is 1.58. The second kappa shape index (κ2) is 26.4. The molecule has 0 aromatic heterocycles. The SMILES string of the molecule is CCc1c(Cl)c(O)c(Cl)c(O)c1C(=O)O[C@H]1[C@H](O)[C@H](OC)[C@H](OC/C2=C\C=C\C[C@H](O)/C(C)=C/[C@H](CC)[C@@H](OC3OC(C)(C)[C@@H](OC(=O)C(C)C)[C@H](O)[C@@H]3O)/C(C)=C/C(C)=C/C[C@@H](CC)OC2=O)O[C@@H]1C. The smallest absolute Gasteiger partial charge is 0.342 e. The van der Waals surface area contributed by atoms with Crippen molar-refractivity contribution in [1.29, 1.82) is 0 Å². The molecule has 17 nitrogen and oxygen atoms in total. The van der Waals surface area contributed by atoms with E-state index in [4.69, 9.17) is 61.1 Å². The Morgan fingerprint density at radius 1 is 0.887 bits per heavy atom. The lowest BCUT2D eigenvalue weighted by Crippen LogP contribution is -2.64. The van der Waals surface area contributed by atoms with Gasteiger partial charge in [-0.2, -0.15) is 0 Å². The molecule has 13 atom stereocenters. The van der Waals surface area contributed by atoms with Gasteiger partial charge in [-0.1, -0.05) is 93.8 Å². The maximum atomic E-state index is 13.9. The van der Waals surface area contributed by atoms with Crippen LogP contribution in [-0.2, 0) is 53.9 Å². The summed E-state index contributed by atoms with van der Waals surface area (Å²) in [5, 5.41) is 65.6. The molecule has 0 saturated carbocycles. The molecule has 0 aliphatic carbocycles. The average Bonchev–Trinajstić information content (AvgIpc) is 3.32. The topological polar surface area (TPSA) is 246 Å². The summed E-state index contributed by atoms with van der Waals surface area (Å²) in [7, 11) is 1.29. The van der Waals surface area contributed by atoms with Gasteiger partial charge in [0.1, 0.15) is 46.7 Å². The van der Waals surface area contributed by atoms with E-state index in [9.17, 15) is 45.0 Å². The molecule has 398 valence electrons. The first-order chi connectivity index (χ1) is 33.3. The van der Waals surface area contributed by atoms with Crippen LogP contribution in [0, 0.1) is 11.8 Å². The van der Waals surface area contributed by atoms with E-state index in [0.29, 0.717) is 24.8 Å². The van der Waals surface area contributed by atoms with Gasteiger partial charge in [-0.3, -0.25) is 4.79 Å². The fourth-order valence-electron chi connectivity index (χ4n) is 8.58. The molecular formula is C52H74Cl2O17. The lowest BCUT2D eigenvalue weighted by molar-refractivity contribution is -0.333. The van der Waals surface area contributed by atoms with E-state index in [1.54, 1.807) is 53.7 Å². The molecule has 71 heavy (non-hydrogen) atoms. The van der Waals surface area contributed by atoms with Gasteiger partial charge in [0.05, 0.1) is 41.4 Å². The summed E-state index contributed by atoms with van der Waals surface area (Å²) in [6.07, 6.45) is -2.17. The van der Waals surface area contributed by atoms with Crippen LogP contribution in [0.15, 0.2) is 58.7 Å². The van der Waals surface area contributed by atoms with Gasteiger partial charge in [0, 0.05) is 19.4 Å². The minimum absolute atomic E-state index is 0.0756. The molecule has 4 rings (SSSR count). The number of benzene rings is 1. The van der Waals surface area contributed by atoms with Crippen molar-refractivity contribution in [2.24, 2.45) is 11.8 Å². The summed E-state index contributed by atoms with van der Waals surface area (Å²) in [4.78, 5) is 40.0. The molecule has 6 N–H and O–H groups in total. The van der Waals surface area contributed by atoms with E-state index in [0.717, 1.165) is 11.1 Å². The molecule has 2 fully saturated rings. The van der Waals surface area contributed by atoms with Gasteiger partial charge in [0.25, 0.3) is 0 Å². The van der Waals surface area contributed by atoms with Crippen LogP contribution >= 0.6 is 23.2 Å². The number of carbonyl (C=O) groups excluding carboxylic acids is 3. The van der Waals surface area contributed by atoms with Gasteiger partial charge in [-0.15, -0.1) is 0 Å². The van der Waals surface area contributed by atoms with Crippen molar-refractivity contribution >= 4 is 41.1 Å². The normalized spacial score (nSPS) is 34.7. The number of rotatable bonds is 13. The molecule has 0 spiro atoms. The molecule has 1 unspecified atom stereocenters. The number of phenolic OH excluding ortho intramolecular Hbond substituents is 2. The summed E-state index contributed by atoms with van der Waals surface area (Å²) in [5.74, 6) is -4.49. The highest BCUT2D eigenvalue weighted by Gasteiger charge is 2.53. The van der Waals surface area contributed by atoms with Crippen molar-refractivity contribution in [3.63, 3.8) is 0 Å². The highest BCUT2D eigenvalue weighted by molar-refractivity contribution is 6.39. The molecule has 3 heterocycles. The zero-order chi connectivity index (χ0) is 53.2. The van der Waals surface area contributed by atoms with E-state index >= 15 is 0 Å². The lowest BCUT2D eigenvalue weighted by Gasteiger charge is -2.47. The van der Waals surface area contributed by atoms with Crippen LogP contribution in [0.2, 0.25) is 10.0 Å². The highest BCUT2D eigenvalue weighted by Crippen LogP contribution is 2.45. The van der Waals surface area contributed by atoms with E-state index in [2.05, 4.69) is 0 Å². The molecule has 0 radical (unpaired) electrons. The number of allylic oxidation sites excluding steroid dienone is 4. The Kier molecular flexibility index (Phi) is 22.2. The zero-order valence-electron chi connectivity index (χ0n) is 42.7. The predicted molar refractivity (Wildman–Crippen MR) is 264 cm³/mol. The van der Waals surface area contributed by atoms with Gasteiger partial charge in [-0.25, -0.2) is 9.59 Å². The minimum Gasteiger partial charge on any atom is -0.505 e. The van der Waals surface area contributed by atoms with Crippen LogP contribution in [0.25, 0.3) is 0 Å². The molecule has 0 bridgehead atoms. The molecule has 1 aromatic rings. The Morgan fingerprint density at radius 3 is 2.17 bits per heavy atom. The van der Waals surface area contributed by atoms with Gasteiger partial charge < -0.3 is 68.5 Å². The van der Waals surface area contributed by atoms with Gasteiger partial charge in [0.15, 0.2) is 36.3 Å². The number of methoxy groups -OCH3 is 1. The van der Waals surface area contributed by atoms with E-state index in [-0.39, 0.29) is 47.1 Å². The Hall–Kier alpha value is -3.85. The van der Waals surface area contributed by atoms with Crippen LogP contribution in [0.5, 0.6) is 11.5 Å². The number of phenols is 2. The number of halogens is 2. The van der Waals surface area contributed by atoms with Crippen LogP contribution < -0.4 is 0 Å². The van der Waals surface area contributed by atoms with Crippen LogP contribution in [0.3, 0.4) is 0 Å². The Bertz CT molecular complexity index is 2180. The van der Waals surface area contributed by atoms with Crippen molar-refractivity contribution in [1.82, 2.24) is 0 Å². The maximum Gasteiger partial charge on any atom is 0.342 e. The Labute approximate surface area is 427 Å². The van der Waals surface area contributed by atoms with Crippen LogP contribution in [0.1, 0.15) is 118 Å². The van der Waals surface area contributed by atoms with Crippen LogP contribution in [0.4, 0.5) is 0 Å². The number of ether oxygens (including phenoxy) is 8. The third-order valence-electron chi connectivity index (χ3n) is 12.9. The predicted octanol–water partition coefficient (Wildman–Crippen LogP) is 7.26. The van der Waals surface area contributed by atoms with Crippen molar-refractivity contribution in [3.05, 3.63) is 79.9 Å². The number of carbonyl (C=O) groups is 3. The highest BCUT2D eigenvalue weighted by atomic mass is 35.5. The number of cyclic esters (lactones) is 1. The summed E-state index contributed by atoms with van der Waals surface area (Å²) >= 11 is 12.3. The third-order valence-corrected chi connectivity index (χ3v) is 13.7. The van der Waals surface area contributed by atoms with Gasteiger partial charge in [0.2, 0.25) is 0 Å². The first kappa shape index (κ1) is 59.7. The minimum atomic E-state index is -1.58. The number of hydrogen-bond donors (Lipinski definition) is 6. The largest absolute Gasteiger partial charge is 0.505 e. The Morgan fingerprint density at radius 2 is 1.56 bits per heavy atom. The van der Waals surface area contributed by atoms with Crippen molar-refractivity contribution in [2.45, 2.75) is 187 Å². The summed E-state index contributed by atoms with van der Waals surface area (Å²) in [6.45, 7) is 18.8. The lowest BCUT2D eigenvalue weighted by atomic mass is 9.88. The quantitative estimate of drug-likeness (QED) is 0.0646. The van der Waals surface area contributed by atoms with Gasteiger partial charge in [-0.05, 0) is 90.0 Å². The van der Waals surface area contributed by atoms with Crippen molar-refractivity contribution < 1.29 is 82.9 Å². The second-order valence-electron chi connectivity index (χ2n) is 19.1. The number of aromatic hydroxyl groups is 2. The number of aliphatic hydroxyl groups is 4. The van der Waals surface area contributed by atoms with E-state index in [1.165, 1.54) is 20.1 Å². The fraction of sp³-hybridized carbons (Fsp3) is 0.635. The maximum absolute atomic E-state index is 13.9. The molecular weight excluding hydrogens is 967 g/mol. The first-order valence-corrected chi connectivity index (χ1v) is 24.9. The molecule has 3 aliphatic rings. The second-order valence-corrected chi connectivity index (χ2v) is 19.9. The molecule has 1 aromatic carbocycles. The molecule has 2 saturated heterocycles. The fourth-order valence-corrected chi connectivity index (χ4v) is 9.14. The van der Waals surface area contributed by atoms with E-state index in [1.807, 2.05) is 45.9 Å². The van der Waals surface area contributed by atoms with Gasteiger partial charge >= 0.3 is 17.9 Å². The summed E-state index contributed by atoms with van der Waals surface area (Å²) < 4.78 is 47.8. The standard InChI is InChI=1S/C52H74Cl2O17/c1-13-30-23-27(7)34(55)19-17-16-18-31(24-65-51-45(64-12)42(60)44(29(9)66-51)68-49(63)35-33(15-3)36(53)39(57)37(54)38(35)56)48(62)67-32(14-2)21-20-26(6)22-28(8)43(30)69-50-41(59)40(58)46(52(10,11)71-50)70-47(61)25(4)5/h16-18,20,22-23,25,29-30,32,34,40-46,50-51,55-60H,13-15,19,21,24H2,1-12H3/b17-16+,26-20+,27-23+,28-22+,31-18+/t29-,30+,32-,34+,40-,41+,42+,43+,44-,45+,46+,50?,51-/m1/s1. The van der Waals surface area contributed by atoms with E-state index < -0.39 is 120 Å². The molecule has 3 aliphatic heterocycles. The van der Waals surface area contributed by atoms with Crippen molar-refractivity contribution in [2.75, 3.05) is 13.7 Å². The average molecular weight is 1040 g/mol. The summed E-state index contributed by atoms with van der Waals surface area (Å²) in [5.41, 5.74) is 0.700. The van der Waals surface area contributed by atoms with Crippen LogP contribution in [-0.4, -0.2) is 141 Å². The number of aliphatic hydroxyl groups excluding tert-OH is 4. The monoisotopic (exact) mass is 1040 g/mol. The zero-order valence-corrected chi connectivity index (χ0v) is 44.2. The third kappa shape index (κ3) is 14.7. The van der Waals surface area contributed by atoms with Crippen molar-refractivity contribution in [3.8, 4) is 11.5 Å². The first-order valence-electron chi connectivity index (χ1n) is 24.1. The summed E-state index contributed by atoms with van der Waals surface area (Å²) in [6, 6.07) is 0.